The van der Waals surface area contributed by atoms with E-state index < -0.39 is 17.8 Å². The molecule has 0 fully saturated rings. The SMILES string of the molecule is COc1ccc(F)cc1-c1ccnc2[nH]c(C3=CCN(CC(O)CO)CC3)c(C(N)=O)c12. The Balaban J connectivity index is 1.82. The monoisotopic (exact) mass is 440 g/mol. The van der Waals surface area contributed by atoms with Crippen LogP contribution in [0.25, 0.3) is 27.7 Å². The lowest BCUT2D eigenvalue weighted by Gasteiger charge is -2.27. The molecule has 0 saturated heterocycles. The zero-order valence-electron chi connectivity index (χ0n) is 17.6. The van der Waals surface area contributed by atoms with E-state index in [0.717, 1.165) is 5.57 Å². The molecular weight excluding hydrogens is 415 g/mol. The van der Waals surface area contributed by atoms with E-state index in [9.17, 15) is 14.3 Å². The second kappa shape index (κ2) is 9.07. The van der Waals surface area contributed by atoms with Gasteiger partial charge in [0.2, 0.25) is 0 Å². The van der Waals surface area contributed by atoms with Gasteiger partial charge in [-0.3, -0.25) is 9.69 Å². The molecule has 8 nitrogen and oxygen atoms in total. The number of nitrogens with two attached hydrogens (primary N) is 1. The fraction of sp³-hybridized carbons (Fsp3) is 0.304. The summed E-state index contributed by atoms with van der Waals surface area (Å²) in [6.45, 7) is 1.27. The van der Waals surface area contributed by atoms with Crippen molar-refractivity contribution in [1.29, 1.82) is 0 Å². The number of aliphatic hydroxyl groups is 2. The maximum atomic E-state index is 14.1. The van der Waals surface area contributed by atoms with Gasteiger partial charge in [0, 0.05) is 36.8 Å². The first-order chi connectivity index (χ1) is 15.4. The Morgan fingerprint density at radius 1 is 1.38 bits per heavy atom. The second-order valence-corrected chi connectivity index (χ2v) is 7.74. The molecule has 0 aliphatic carbocycles. The number of hydrogen-bond donors (Lipinski definition) is 4. The first-order valence-corrected chi connectivity index (χ1v) is 10.3. The molecule has 3 aromatic rings. The number of rotatable bonds is 7. The topological polar surface area (TPSA) is 125 Å². The number of methoxy groups -OCH3 is 1. The van der Waals surface area contributed by atoms with E-state index in [4.69, 9.17) is 15.6 Å². The van der Waals surface area contributed by atoms with Gasteiger partial charge in [0.1, 0.15) is 17.2 Å². The highest BCUT2D eigenvalue weighted by molar-refractivity contribution is 6.14. The van der Waals surface area contributed by atoms with Crippen LogP contribution in [0.3, 0.4) is 0 Å². The molecule has 4 rings (SSSR count). The number of nitrogens with zero attached hydrogens (tertiary/aromatic N) is 2. The van der Waals surface area contributed by atoms with Gasteiger partial charge in [-0.2, -0.15) is 0 Å². The summed E-state index contributed by atoms with van der Waals surface area (Å²) in [4.78, 5) is 22.2. The Labute approximate surface area is 184 Å². The van der Waals surface area contributed by atoms with E-state index in [1.165, 1.54) is 25.3 Å². The van der Waals surface area contributed by atoms with E-state index >= 15 is 0 Å². The molecule has 2 aromatic heterocycles. The van der Waals surface area contributed by atoms with Crippen molar-refractivity contribution in [1.82, 2.24) is 14.9 Å². The summed E-state index contributed by atoms with van der Waals surface area (Å²) in [5.41, 5.74) is 9.14. The molecule has 0 radical (unpaired) electrons. The Kier molecular flexibility index (Phi) is 6.22. The van der Waals surface area contributed by atoms with E-state index in [1.807, 2.05) is 11.0 Å². The van der Waals surface area contributed by atoms with Crippen LogP contribution in [-0.2, 0) is 0 Å². The van der Waals surface area contributed by atoms with Crippen molar-refractivity contribution in [2.24, 2.45) is 5.73 Å². The van der Waals surface area contributed by atoms with Gasteiger partial charge < -0.3 is 25.7 Å². The predicted molar refractivity (Wildman–Crippen MR) is 119 cm³/mol. The molecule has 1 aliphatic rings. The van der Waals surface area contributed by atoms with Crippen LogP contribution in [0, 0.1) is 5.82 Å². The van der Waals surface area contributed by atoms with Gasteiger partial charge in [-0.1, -0.05) is 6.08 Å². The Hall–Kier alpha value is -3.27. The van der Waals surface area contributed by atoms with Crippen LogP contribution in [0.1, 0.15) is 22.5 Å². The second-order valence-electron chi connectivity index (χ2n) is 7.74. The van der Waals surface area contributed by atoms with Crippen LogP contribution >= 0.6 is 0 Å². The standard InChI is InChI=1S/C23H25FN4O4/c1-32-18-3-2-14(24)10-17(18)16-4-7-26-23-19(16)20(22(25)31)21(27-23)13-5-8-28(9-6-13)11-15(30)12-29/h2-5,7,10,15,29-30H,6,8-9,11-12H2,1H3,(H2,25,31)(H,26,27). The number of aliphatic hydroxyl groups excluding tert-OH is 2. The van der Waals surface area contributed by atoms with Crippen molar-refractivity contribution in [2.45, 2.75) is 12.5 Å². The molecule has 1 amide bonds. The van der Waals surface area contributed by atoms with Crippen LogP contribution in [0.15, 0.2) is 36.5 Å². The molecule has 9 heteroatoms. The summed E-state index contributed by atoms with van der Waals surface area (Å²) < 4.78 is 19.5. The smallest absolute Gasteiger partial charge is 0.251 e. The molecule has 1 unspecified atom stereocenters. The number of hydrogen-bond acceptors (Lipinski definition) is 6. The highest BCUT2D eigenvalue weighted by Crippen LogP contribution is 2.39. The highest BCUT2D eigenvalue weighted by Gasteiger charge is 2.25. The number of nitrogens with one attached hydrogen (secondary N) is 1. The van der Waals surface area contributed by atoms with Crippen LogP contribution in [0.4, 0.5) is 4.39 Å². The molecule has 0 spiro atoms. The summed E-state index contributed by atoms with van der Waals surface area (Å²) in [5, 5.41) is 19.3. The Bertz CT molecular complexity index is 1190. The molecular formula is C23H25FN4O4. The third kappa shape index (κ3) is 4.10. The number of primary amides is 1. The maximum Gasteiger partial charge on any atom is 0.251 e. The summed E-state index contributed by atoms with van der Waals surface area (Å²) in [7, 11) is 1.50. The van der Waals surface area contributed by atoms with Crippen molar-refractivity contribution in [3.8, 4) is 16.9 Å². The van der Waals surface area contributed by atoms with Crippen molar-refractivity contribution in [3.05, 3.63) is 53.6 Å². The fourth-order valence-electron chi connectivity index (χ4n) is 4.18. The number of fused-ring (bicyclic) bond motifs is 1. The first kappa shape index (κ1) is 21.9. The molecule has 32 heavy (non-hydrogen) atoms. The summed E-state index contributed by atoms with van der Waals surface area (Å²) >= 11 is 0. The zero-order chi connectivity index (χ0) is 22.8. The summed E-state index contributed by atoms with van der Waals surface area (Å²) in [5.74, 6) is -0.579. The Morgan fingerprint density at radius 2 is 2.19 bits per heavy atom. The number of aromatic nitrogens is 2. The van der Waals surface area contributed by atoms with Crippen LogP contribution in [0.5, 0.6) is 5.75 Å². The highest BCUT2D eigenvalue weighted by atomic mass is 19.1. The quantitative estimate of drug-likeness (QED) is 0.445. The Morgan fingerprint density at radius 3 is 2.84 bits per heavy atom. The van der Waals surface area contributed by atoms with Gasteiger partial charge in [0.15, 0.2) is 0 Å². The van der Waals surface area contributed by atoms with Gasteiger partial charge in [-0.25, -0.2) is 9.37 Å². The predicted octanol–water partition coefficient (Wildman–Crippen LogP) is 1.92. The molecule has 5 N–H and O–H groups in total. The van der Waals surface area contributed by atoms with Crippen LogP contribution in [-0.4, -0.2) is 70.4 Å². The maximum absolute atomic E-state index is 14.1. The van der Waals surface area contributed by atoms with Crippen molar-refractivity contribution in [2.75, 3.05) is 33.4 Å². The number of aromatic amines is 1. The summed E-state index contributed by atoms with van der Waals surface area (Å²) in [6, 6.07) is 5.91. The lowest BCUT2D eigenvalue weighted by atomic mass is 9.95. The number of H-pyrrole nitrogens is 1. The van der Waals surface area contributed by atoms with E-state index in [2.05, 4.69) is 9.97 Å². The molecule has 0 saturated carbocycles. The average Bonchev–Trinajstić information content (AvgIpc) is 3.19. The fourth-order valence-corrected chi connectivity index (χ4v) is 4.18. The molecule has 1 atom stereocenters. The van der Waals surface area contributed by atoms with Crippen molar-refractivity contribution in [3.63, 3.8) is 0 Å². The van der Waals surface area contributed by atoms with Gasteiger partial charge in [0.05, 0.1) is 31.1 Å². The average molecular weight is 440 g/mol. The minimum Gasteiger partial charge on any atom is -0.496 e. The van der Waals surface area contributed by atoms with Gasteiger partial charge in [0.25, 0.3) is 5.91 Å². The minimum atomic E-state index is -0.799. The molecule has 3 heterocycles. The van der Waals surface area contributed by atoms with Crippen LogP contribution < -0.4 is 10.5 Å². The third-order valence-corrected chi connectivity index (χ3v) is 5.69. The van der Waals surface area contributed by atoms with Gasteiger partial charge in [-0.15, -0.1) is 0 Å². The number of pyridine rings is 1. The molecule has 168 valence electrons. The third-order valence-electron chi connectivity index (χ3n) is 5.69. The minimum absolute atomic E-state index is 0.293. The zero-order valence-corrected chi connectivity index (χ0v) is 17.6. The van der Waals surface area contributed by atoms with E-state index in [-0.39, 0.29) is 6.61 Å². The van der Waals surface area contributed by atoms with E-state index in [0.29, 0.717) is 65.2 Å². The molecule has 0 bridgehead atoms. The van der Waals surface area contributed by atoms with Gasteiger partial charge in [-0.05, 0) is 41.8 Å². The largest absolute Gasteiger partial charge is 0.496 e. The molecule has 1 aromatic carbocycles. The summed E-state index contributed by atoms with van der Waals surface area (Å²) in [6.07, 6.45) is 3.37. The number of benzene rings is 1. The van der Waals surface area contributed by atoms with Gasteiger partial charge >= 0.3 is 0 Å². The normalized spacial score (nSPS) is 15.6. The number of ether oxygens (including phenoxy) is 1. The molecule has 1 aliphatic heterocycles. The number of carbonyl (C=O) groups is 1. The first-order valence-electron chi connectivity index (χ1n) is 10.3. The van der Waals surface area contributed by atoms with Crippen molar-refractivity contribution < 1.29 is 24.1 Å². The van der Waals surface area contributed by atoms with Crippen LogP contribution in [0.2, 0.25) is 0 Å². The number of β-amino-alcohol motifs (C(OH)–C–C–N with tert-alkyl or cyclic N) is 1. The lowest BCUT2D eigenvalue weighted by molar-refractivity contribution is 0.0623. The number of halogens is 1. The van der Waals surface area contributed by atoms with Crippen molar-refractivity contribution >= 4 is 22.5 Å². The lowest BCUT2D eigenvalue weighted by Crippen LogP contribution is -2.37. The number of amides is 1. The number of carbonyl (C=O) groups excluding carboxylic acids is 1. The van der Waals surface area contributed by atoms with E-state index in [1.54, 1.807) is 12.3 Å².